The molecule has 30 heavy (non-hydrogen) atoms. The number of nitrogens with one attached hydrogen (secondary N) is 1. The smallest absolute Gasteiger partial charge is 0.337 e. The molecule has 1 atom stereocenters. The number of carbonyl (C=O) groups excluding carboxylic acids is 3. The summed E-state index contributed by atoms with van der Waals surface area (Å²) in [5, 5.41) is 3.26. The molecule has 1 saturated heterocycles. The van der Waals surface area contributed by atoms with Crippen LogP contribution in [0.5, 0.6) is 5.75 Å². The Morgan fingerprint density at radius 3 is 2.60 bits per heavy atom. The van der Waals surface area contributed by atoms with Crippen LogP contribution < -0.4 is 10.1 Å². The van der Waals surface area contributed by atoms with E-state index in [1.54, 1.807) is 36.4 Å². The summed E-state index contributed by atoms with van der Waals surface area (Å²) in [7, 11) is 2.78. The summed E-state index contributed by atoms with van der Waals surface area (Å²) >= 11 is 6.06. The van der Waals surface area contributed by atoms with Crippen molar-refractivity contribution in [1.29, 1.82) is 0 Å². The standard InChI is InChI=1S/C22H23ClN2O5/c1-13-6-7-14(22(28)30-3)11-17(13)24-20(26)18-5-4-10-25(18)21(27)16-12-15(23)8-9-19(16)29-2/h6-9,11-12,18H,4-5,10H2,1-3H3,(H,24,26). The molecule has 1 aliphatic heterocycles. The predicted octanol–water partition coefficient (Wildman–Crippen LogP) is 3.69. The lowest BCUT2D eigenvalue weighted by molar-refractivity contribution is -0.119. The van der Waals surface area contributed by atoms with Crippen molar-refractivity contribution in [2.45, 2.75) is 25.8 Å². The number of ether oxygens (including phenoxy) is 2. The van der Waals surface area contributed by atoms with Crippen LogP contribution in [0.25, 0.3) is 0 Å². The normalized spacial score (nSPS) is 15.6. The molecular weight excluding hydrogens is 408 g/mol. The SMILES string of the molecule is COC(=O)c1ccc(C)c(NC(=O)C2CCCN2C(=O)c2cc(Cl)ccc2OC)c1. The molecule has 8 heteroatoms. The van der Waals surface area contributed by atoms with E-state index in [0.717, 1.165) is 5.56 Å². The molecular formula is C22H23ClN2O5. The zero-order chi connectivity index (χ0) is 21.8. The first-order valence-corrected chi connectivity index (χ1v) is 9.88. The summed E-state index contributed by atoms with van der Waals surface area (Å²) in [6, 6.07) is 9.11. The maximum atomic E-state index is 13.1. The molecule has 1 fully saturated rings. The molecule has 1 heterocycles. The van der Waals surface area contributed by atoms with Crippen LogP contribution in [0, 0.1) is 6.92 Å². The molecule has 0 saturated carbocycles. The number of hydrogen-bond donors (Lipinski definition) is 1. The molecule has 2 aromatic rings. The van der Waals surface area contributed by atoms with Gasteiger partial charge in [-0.05, 0) is 55.7 Å². The highest BCUT2D eigenvalue weighted by molar-refractivity contribution is 6.31. The van der Waals surface area contributed by atoms with E-state index in [1.807, 2.05) is 6.92 Å². The topological polar surface area (TPSA) is 84.9 Å². The van der Waals surface area contributed by atoms with Crippen molar-refractivity contribution in [1.82, 2.24) is 4.90 Å². The van der Waals surface area contributed by atoms with E-state index in [0.29, 0.717) is 47.0 Å². The Kier molecular flexibility index (Phi) is 6.62. The lowest BCUT2D eigenvalue weighted by atomic mass is 10.1. The number of hydrogen-bond acceptors (Lipinski definition) is 5. The molecule has 3 rings (SSSR count). The van der Waals surface area contributed by atoms with Gasteiger partial charge in [-0.3, -0.25) is 9.59 Å². The van der Waals surface area contributed by atoms with Crippen molar-refractivity contribution in [3.05, 3.63) is 58.1 Å². The van der Waals surface area contributed by atoms with Crippen molar-refractivity contribution < 1.29 is 23.9 Å². The Balaban J connectivity index is 1.82. The van der Waals surface area contributed by atoms with Crippen LogP contribution in [0.15, 0.2) is 36.4 Å². The summed E-state index contributed by atoms with van der Waals surface area (Å²) in [6.45, 7) is 2.28. The average molecular weight is 431 g/mol. The molecule has 1 N–H and O–H groups in total. The lowest BCUT2D eigenvalue weighted by Crippen LogP contribution is -2.43. The van der Waals surface area contributed by atoms with Gasteiger partial charge in [0.15, 0.2) is 0 Å². The fourth-order valence-corrected chi connectivity index (χ4v) is 3.67. The second kappa shape index (κ2) is 9.17. The van der Waals surface area contributed by atoms with E-state index in [-0.39, 0.29) is 11.8 Å². The van der Waals surface area contributed by atoms with Crippen molar-refractivity contribution in [3.8, 4) is 5.75 Å². The first-order chi connectivity index (χ1) is 14.3. The number of halogens is 1. The van der Waals surface area contributed by atoms with Crippen LogP contribution >= 0.6 is 11.6 Å². The zero-order valence-electron chi connectivity index (χ0n) is 17.0. The average Bonchev–Trinajstić information content (AvgIpc) is 3.24. The number of rotatable bonds is 5. The fourth-order valence-electron chi connectivity index (χ4n) is 3.50. The number of methoxy groups -OCH3 is 2. The number of esters is 1. The molecule has 0 bridgehead atoms. The molecule has 2 aromatic carbocycles. The van der Waals surface area contributed by atoms with Gasteiger partial charge in [-0.25, -0.2) is 4.79 Å². The lowest BCUT2D eigenvalue weighted by Gasteiger charge is -2.25. The second-order valence-corrected chi connectivity index (χ2v) is 7.45. The largest absolute Gasteiger partial charge is 0.496 e. The van der Waals surface area contributed by atoms with Gasteiger partial charge in [0, 0.05) is 17.3 Å². The predicted molar refractivity (Wildman–Crippen MR) is 113 cm³/mol. The van der Waals surface area contributed by atoms with E-state index in [4.69, 9.17) is 21.1 Å². The minimum absolute atomic E-state index is 0.313. The molecule has 158 valence electrons. The summed E-state index contributed by atoms with van der Waals surface area (Å²) in [5.74, 6) is -0.715. The number of benzene rings is 2. The van der Waals surface area contributed by atoms with Gasteiger partial charge in [0.2, 0.25) is 5.91 Å². The number of amides is 2. The second-order valence-electron chi connectivity index (χ2n) is 7.01. The van der Waals surface area contributed by atoms with Crippen molar-refractivity contribution in [2.75, 3.05) is 26.1 Å². The first-order valence-electron chi connectivity index (χ1n) is 9.50. The van der Waals surface area contributed by atoms with E-state index >= 15 is 0 Å². The van der Waals surface area contributed by atoms with Gasteiger partial charge in [0.05, 0.1) is 25.3 Å². The van der Waals surface area contributed by atoms with Crippen LogP contribution in [0.3, 0.4) is 0 Å². The third kappa shape index (κ3) is 4.41. The van der Waals surface area contributed by atoms with E-state index in [9.17, 15) is 14.4 Å². The van der Waals surface area contributed by atoms with Gasteiger partial charge in [-0.15, -0.1) is 0 Å². The van der Waals surface area contributed by atoms with Crippen LogP contribution in [0.1, 0.15) is 39.1 Å². The van der Waals surface area contributed by atoms with Crippen LogP contribution in [-0.2, 0) is 9.53 Å². The van der Waals surface area contributed by atoms with Crippen molar-refractivity contribution >= 4 is 35.1 Å². The van der Waals surface area contributed by atoms with Crippen molar-refractivity contribution in [2.24, 2.45) is 0 Å². The molecule has 0 radical (unpaired) electrons. The number of aryl methyl sites for hydroxylation is 1. The molecule has 0 spiro atoms. The summed E-state index contributed by atoms with van der Waals surface area (Å²) in [6.07, 6.45) is 1.24. The highest BCUT2D eigenvalue weighted by Crippen LogP contribution is 2.28. The highest BCUT2D eigenvalue weighted by Gasteiger charge is 2.35. The molecule has 7 nitrogen and oxygen atoms in total. The zero-order valence-corrected chi connectivity index (χ0v) is 17.8. The number of anilines is 1. The minimum atomic E-state index is -0.637. The monoisotopic (exact) mass is 430 g/mol. The van der Waals surface area contributed by atoms with Gasteiger partial charge < -0.3 is 19.7 Å². The summed E-state index contributed by atoms with van der Waals surface area (Å²) < 4.78 is 10.0. The molecule has 0 aliphatic carbocycles. The van der Waals surface area contributed by atoms with E-state index in [1.165, 1.54) is 19.1 Å². The van der Waals surface area contributed by atoms with E-state index < -0.39 is 12.0 Å². The number of nitrogens with zero attached hydrogens (tertiary/aromatic N) is 1. The van der Waals surface area contributed by atoms with Gasteiger partial charge in [-0.2, -0.15) is 0 Å². The van der Waals surface area contributed by atoms with Gasteiger partial charge >= 0.3 is 5.97 Å². The molecule has 1 aliphatic rings. The van der Waals surface area contributed by atoms with Crippen molar-refractivity contribution in [3.63, 3.8) is 0 Å². The van der Waals surface area contributed by atoms with Crippen LogP contribution in [-0.4, -0.2) is 49.5 Å². The highest BCUT2D eigenvalue weighted by atomic mass is 35.5. The Hall–Kier alpha value is -3.06. The molecule has 1 unspecified atom stereocenters. The van der Waals surface area contributed by atoms with Gasteiger partial charge in [0.25, 0.3) is 5.91 Å². The Morgan fingerprint density at radius 2 is 1.90 bits per heavy atom. The number of likely N-dealkylation sites (tertiary alicyclic amines) is 1. The van der Waals surface area contributed by atoms with Gasteiger partial charge in [-0.1, -0.05) is 17.7 Å². The quantitative estimate of drug-likeness (QED) is 0.731. The number of carbonyl (C=O) groups is 3. The minimum Gasteiger partial charge on any atom is -0.496 e. The van der Waals surface area contributed by atoms with E-state index in [2.05, 4.69) is 5.32 Å². The van der Waals surface area contributed by atoms with Crippen LogP contribution in [0.2, 0.25) is 5.02 Å². The molecule has 2 amide bonds. The fraction of sp³-hybridized carbons (Fsp3) is 0.318. The molecule has 0 aromatic heterocycles. The maximum Gasteiger partial charge on any atom is 0.337 e. The summed E-state index contributed by atoms with van der Waals surface area (Å²) in [4.78, 5) is 39.5. The Bertz CT molecular complexity index is 991. The van der Waals surface area contributed by atoms with Gasteiger partial charge in [0.1, 0.15) is 11.8 Å². The maximum absolute atomic E-state index is 13.1. The first kappa shape index (κ1) is 21.6. The third-order valence-corrected chi connectivity index (χ3v) is 5.36. The van der Waals surface area contributed by atoms with Crippen LogP contribution in [0.4, 0.5) is 5.69 Å². The Morgan fingerprint density at radius 1 is 1.13 bits per heavy atom. The summed E-state index contributed by atoms with van der Waals surface area (Å²) in [5.41, 5.74) is 1.95. The third-order valence-electron chi connectivity index (χ3n) is 5.12. The Labute approximate surface area is 179 Å².